The van der Waals surface area contributed by atoms with Gasteiger partial charge in [0.25, 0.3) is 0 Å². The third kappa shape index (κ3) is 5.68. The van der Waals surface area contributed by atoms with Crippen molar-refractivity contribution in [3.8, 4) is 0 Å². The van der Waals surface area contributed by atoms with Crippen molar-refractivity contribution < 1.29 is 14.3 Å². The second kappa shape index (κ2) is 8.98. The summed E-state index contributed by atoms with van der Waals surface area (Å²) in [6.07, 6.45) is 1.59. The van der Waals surface area contributed by atoms with E-state index in [9.17, 15) is 9.59 Å². The van der Waals surface area contributed by atoms with Crippen molar-refractivity contribution in [1.29, 1.82) is 0 Å². The van der Waals surface area contributed by atoms with Crippen molar-refractivity contribution in [1.82, 2.24) is 10.2 Å². The van der Waals surface area contributed by atoms with Gasteiger partial charge in [-0.25, -0.2) is 0 Å². The molecule has 1 unspecified atom stereocenters. The van der Waals surface area contributed by atoms with Gasteiger partial charge < -0.3 is 10.1 Å². The third-order valence-electron chi connectivity index (χ3n) is 2.59. The summed E-state index contributed by atoms with van der Waals surface area (Å²) in [6, 6.07) is -0.317. The Kier molecular flexibility index (Phi) is 8.40. The Labute approximate surface area is 103 Å². The summed E-state index contributed by atoms with van der Waals surface area (Å²) in [6.45, 7) is 6.99. The highest BCUT2D eigenvalue weighted by Crippen LogP contribution is 2.09. The summed E-state index contributed by atoms with van der Waals surface area (Å²) in [5.41, 5.74) is 0. The van der Waals surface area contributed by atoms with E-state index in [0.29, 0.717) is 19.6 Å². The van der Waals surface area contributed by atoms with Crippen molar-refractivity contribution in [2.45, 2.75) is 39.7 Å². The molecule has 0 aliphatic rings. The number of amides is 1. The van der Waals surface area contributed by atoms with Gasteiger partial charge in [0.1, 0.15) is 6.04 Å². The fourth-order valence-electron chi connectivity index (χ4n) is 1.67. The monoisotopic (exact) mass is 244 g/mol. The van der Waals surface area contributed by atoms with Crippen LogP contribution in [0.1, 0.15) is 33.6 Å². The number of esters is 1. The first-order valence-corrected chi connectivity index (χ1v) is 6.21. The van der Waals surface area contributed by atoms with Crippen LogP contribution in [0.25, 0.3) is 0 Å². The average Bonchev–Trinajstić information content (AvgIpc) is 2.33. The first-order valence-electron chi connectivity index (χ1n) is 6.21. The fraction of sp³-hybridized carbons (Fsp3) is 0.833. The van der Waals surface area contributed by atoms with Crippen LogP contribution in [0.2, 0.25) is 0 Å². The van der Waals surface area contributed by atoms with Crippen LogP contribution in [-0.2, 0) is 14.3 Å². The van der Waals surface area contributed by atoms with E-state index in [-0.39, 0.29) is 24.5 Å². The zero-order valence-electron chi connectivity index (χ0n) is 11.3. The summed E-state index contributed by atoms with van der Waals surface area (Å²) in [7, 11) is 1.59. The van der Waals surface area contributed by atoms with Crippen LogP contribution in [-0.4, -0.2) is 49.6 Å². The van der Waals surface area contributed by atoms with Gasteiger partial charge in [-0.3, -0.25) is 14.5 Å². The van der Waals surface area contributed by atoms with Gasteiger partial charge in [-0.15, -0.1) is 0 Å². The maximum absolute atomic E-state index is 11.8. The van der Waals surface area contributed by atoms with Gasteiger partial charge in [0, 0.05) is 7.05 Å². The Morgan fingerprint density at radius 1 is 1.29 bits per heavy atom. The molecule has 0 fully saturated rings. The predicted octanol–water partition coefficient (Wildman–Crippen LogP) is 0.786. The Bertz CT molecular complexity index is 244. The van der Waals surface area contributed by atoms with Gasteiger partial charge in [-0.1, -0.05) is 20.3 Å². The topological polar surface area (TPSA) is 58.6 Å². The number of carbonyl (C=O) groups excluding carboxylic acids is 2. The van der Waals surface area contributed by atoms with Crippen molar-refractivity contribution in [3.05, 3.63) is 0 Å². The normalized spacial score (nSPS) is 12.3. The van der Waals surface area contributed by atoms with E-state index in [1.807, 2.05) is 18.7 Å². The van der Waals surface area contributed by atoms with Crippen molar-refractivity contribution in [2.24, 2.45) is 0 Å². The van der Waals surface area contributed by atoms with Gasteiger partial charge in [0.05, 0.1) is 13.2 Å². The summed E-state index contributed by atoms with van der Waals surface area (Å²) in [5, 5.41) is 2.56. The van der Waals surface area contributed by atoms with Crippen molar-refractivity contribution >= 4 is 11.9 Å². The maximum atomic E-state index is 11.8. The van der Waals surface area contributed by atoms with E-state index in [0.717, 1.165) is 6.42 Å². The largest absolute Gasteiger partial charge is 0.465 e. The molecule has 1 N–H and O–H groups in total. The molecule has 0 aliphatic heterocycles. The molecule has 5 heteroatoms. The molecule has 0 aromatic rings. The molecule has 0 aliphatic carbocycles. The minimum absolute atomic E-state index is 0.0859. The average molecular weight is 244 g/mol. The van der Waals surface area contributed by atoms with E-state index in [4.69, 9.17) is 4.74 Å². The fourth-order valence-corrected chi connectivity index (χ4v) is 1.67. The van der Waals surface area contributed by atoms with Crippen LogP contribution in [0.3, 0.4) is 0 Å². The summed E-state index contributed by atoms with van der Waals surface area (Å²) in [4.78, 5) is 25.0. The molecule has 0 saturated carbocycles. The van der Waals surface area contributed by atoms with Crippen LogP contribution >= 0.6 is 0 Å². The second-order valence-electron chi connectivity index (χ2n) is 3.79. The summed E-state index contributed by atoms with van der Waals surface area (Å²) < 4.78 is 5.04. The lowest BCUT2D eigenvalue weighted by molar-refractivity contribution is -0.150. The molecule has 0 spiro atoms. The van der Waals surface area contributed by atoms with E-state index < -0.39 is 0 Å². The molecule has 0 radical (unpaired) electrons. The summed E-state index contributed by atoms with van der Waals surface area (Å²) in [5.74, 6) is -0.322. The zero-order valence-corrected chi connectivity index (χ0v) is 11.3. The number of hydrogen-bond donors (Lipinski definition) is 1. The Hall–Kier alpha value is -1.10. The number of likely N-dealkylation sites (N-methyl/N-ethyl adjacent to an activating group) is 2. The first-order chi connectivity index (χ1) is 8.10. The minimum atomic E-state index is -0.317. The smallest absolute Gasteiger partial charge is 0.323 e. The molecule has 17 heavy (non-hydrogen) atoms. The van der Waals surface area contributed by atoms with E-state index >= 15 is 0 Å². The summed E-state index contributed by atoms with van der Waals surface area (Å²) >= 11 is 0. The molecule has 0 aromatic carbocycles. The molecular weight excluding hydrogens is 220 g/mol. The number of nitrogens with one attached hydrogen (secondary N) is 1. The van der Waals surface area contributed by atoms with Gasteiger partial charge in [0.15, 0.2) is 0 Å². The SMILES string of the molecule is CCCC(C(=O)OCC)N(CC)CC(=O)NC. The quantitative estimate of drug-likeness (QED) is 0.641. The van der Waals surface area contributed by atoms with Gasteiger partial charge in [-0.05, 0) is 19.9 Å². The lowest BCUT2D eigenvalue weighted by Crippen LogP contribution is -2.46. The van der Waals surface area contributed by atoms with E-state index in [2.05, 4.69) is 5.32 Å². The zero-order chi connectivity index (χ0) is 13.3. The lowest BCUT2D eigenvalue weighted by Gasteiger charge is -2.27. The van der Waals surface area contributed by atoms with E-state index in [1.54, 1.807) is 14.0 Å². The Morgan fingerprint density at radius 2 is 1.94 bits per heavy atom. The minimum Gasteiger partial charge on any atom is -0.465 e. The van der Waals surface area contributed by atoms with Crippen molar-refractivity contribution in [2.75, 3.05) is 26.7 Å². The molecule has 1 amide bonds. The highest BCUT2D eigenvalue weighted by atomic mass is 16.5. The molecule has 0 aromatic heterocycles. The van der Waals surface area contributed by atoms with Crippen LogP contribution in [0.5, 0.6) is 0 Å². The van der Waals surface area contributed by atoms with E-state index in [1.165, 1.54) is 0 Å². The molecule has 100 valence electrons. The Morgan fingerprint density at radius 3 is 2.35 bits per heavy atom. The maximum Gasteiger partial charge on any atom is 0.323 e. The van der Waals surface area contributed by atoms with Crippen LogP contribution in [0.4, 0.5) is 0 Å². The molecule has 5 nitrogen and oxygen atoms in total. The first kappa shape index (κ1) is 15.9. The third-order valence-corrected chi connectivity index (χ3v) is 2.59. The highest BCUT2D eigenvalue weighted by Gasteiger charge is 2.26. The van der Waals surface area contributed by atoms with Gasteiger partial charge >= 0.3 is 5.97 Å². The standard InChI is InChI=1S/C12H24N2O3/c1-5-8-10(12(16)17-7-3)14(6-2)9-11(15)13-4/h10H,5-9H2,1-4H3,(H,13,15). The Balaban J connectivity index is 4.61. The molecule has 0 saturated heterocycles. The second-order valence-corrected chi connectivity index (χ2v) is 3.79. The predicted molar refractivity (Wildman–Crippen MR) is 66.6 cm³/mol. The van der Waals surface area contributed by atoms with Crippen molar-refractivity contribution in [3.63, 3.8) is 0 Å². The highest BCUT2D eigenvalue weighted by molar-refractivity contribution is 5.80. The number of rotatable bonds is 8. The lowest BCUT2D eigenvalue weighted by atomic mass is 10.1. The number of ether oxygens (including phenoxy) is 1. The van der Waals surface area contributed by atoms with Gasteiger partial charge in [0.2, 0.25) is 5.91 Å². The number of hydrogen-bond acceptors (Lipinski definition) is 4. The number of nitrogens with zero attached hydrogens (tertiary/aromatic N) is 1. The molecular formula is C12H24N2O3. The molecule has 0 rings (SSSR count). The van der Waals surface area contributed by atoms with Gasteiger partial charge in [-0.2, -0.15) is 0 Å². The van der Waals surface area contributed by atoms with Crippen LogP contribution < -0.4 is 5.32 Å². The number of carbonyl (C=O) groups is 2. The molecule has 1 atom stereocenters. The van der Waals surface area contributed by atoms with Crippen LogP contribution in [0.15, 0.2) is 0 Å². The van der Waals surface area contributed by atoms with Crippen LogP contribution in [0, 0.1) is 0 Å². The molecule has 0 bridgehead atoms. The molecule has 0 heterocycles.